The van der Waals surface area contributed by atoms with Crippen molar-refractivity contribution in [3.63, 3.8) is 0 Å². The van der Waals surface area contributed by atoms with Crippen LogP contribution in [0.3, 0.4) is 0 Å². The number of hydrogen-bond acceptors (Lipinski definition) is 3. The number of ether oxygens (including phenoxy) is 1. The molecular weight excluding hydrogens is 314 g/mol. The third-order valence-corrected chi connectivity index (χ3v) is 4.22. The largest absolute Gasteiger partial charge is 0.490 e. The molecule has 5 heteroatoms. The number of aryl methyl sites for hydroxylation is 1. The second-order valence-corrected chi connectivity index (χ2v) is 6.49. The van der Waals surface area contributed by atoms with Crippen LogP contribution in [0.2, 0.25) is 0 Å². The number of hydrogen-bond donors (Lipinski definition) is 1. The number of nitrogens with zero attached hydrogens (tertiary/aromatic N) is 2. The predicted octanol–water partition coefficient (Wildman–Crippen LogP) is 3.71. The van der Waals surface area contributed by atoms with E-state index in [9.17, 15) is 4.79 Å². The highest BCUT2D eigenvalue weighted by atomic mass is 16.5. The van der Waals surface area contributed by atoms with Crippen molar-refractivity contribution in [1.82, 2.24) is 14.7 Å². The average Bonchev–Trinajstić information content (AvgIpc) is 2.92. The molecule has 2 aromatic heterocycles. The Bertz CT molecular complexity index is 898. The zero-order chi connectivity index (χ0) is 18.0. The number of aromatic nitrogens is 2. The van der Waals surface area contributed by atoms with Crippen LogP contribution in [0.5, 0.6) is 5.75 Å². The Morgan fingerprint density at radius 3 is 2.60 bits per heavy atom. The van der Waals surface area contributed by atoms with Gasteiger partial charge in [0.1, 0.15) is 5.69 Å². The Morgan fingerprint density at radius 1 is 1.20 bits per heavy atom. The summed E-state index contributed by atoms with van der Waals surface area (Å²) in [5, 5.41) is 3.12. The molecule has 0 aliphatic carbocycles. The van der Waals surface area contributed by atoms with E-state index in [1.54, 1.807) is 4.40 Å². The molecule has 25 heavy (non-hydrogen) atoms. The molecule has 2 heterocycles. The summed E-state index contributed by atoms with van der Waals surface area (Å²) in [4.78, 5) is 17.5. The topological polar surface area (TPSA) is 55.6 Å². The van der Waals surface area contributed by atoms with Gasteiger partial charge in [0.2, 0.25) is 0 Å². The van der Waals surface area contributed by atoms with Gasteiger partial charge in [0.15, 0.2) is 11.4 Å². The van der Waals surface area contributed by atoms with Gasteiger partial charge in [0.05, 0.1) is 17.8 Å². The second kappa shape index (κ2) is 6.59. The molecule has 0 atom stereocenters. The molecule has 1 N–H and O–H groups in total. The highest BCUT2D eigenvalue weighted by Gasteiger charge is 2.26. The number of amides is 1. The molecule has 0 aliphatic heterocycles. The van der Waals surface area contributed by atoms with E-state index in [0.29, 0.717) is 29.4 Å². The lowest BCUT2D eigenvalue weighted by Crippen LogP contribution is -2.41. The Morgan fingerprint density at radius 2 is 1.92 bits per heavy atom. The van der Waals surface area contributed by atoms with Gasteiger partial charge in [0.25, 0.3) is 5.91 Å². The number of pyridine rings is 1. The third kappa shape index (κ3) is 3.22. The van der Waals surface area contributed by atoms with E-state index in [4.69, 9.17) is 4.74 Å². The van der Waals surface area contributed by atoms with Crippen molar-refractivity contribution < 1.29 is 9.53 Å². The molecule has 0 fully saturated rings. The number of carbonyl (C=O) groups is 1. The van der Waals surface area contributed by atoms with Gasteiger partial charge in [-0.15, -0.1) is 0 Å². The molecule has 0 saturated carbocycles. The van der Waals surface area contributed by atoms with E-state index in [1.807, 2.05) is 76.4 Å². The van der Waals surface area contributed by atoms with Gasteiger partial charge < -0.3 is 10.1 Å². The molecule has 1 aromatic carbocycles. The Kier molecular flexibility index (Phi) is 4.49. The van der Waals surface area contributed by atoms with Gasteiger partial charge in [-0.05, 0) is 45.4 Å². The zero-order valence-corrected chi connectivity index (χ0v) is 15.0. The van der Waals surface area contributed by atoms with Crippen molar-refractivity contribution in [1.29, 1.82) is 0 Å². The number of benzene rings is 1. The van der Waals surface area contributed by atoms with Gasteiger partial charge >= 0.3 is 0 Å². The molecule has 0 saturated heterocycles. The summed E-state index contributed by atoms with van der Waals surface area (Å²) in [5.41, 5.74) is 2.41. The summed E-state index contributed by atoms with van der Waals surface area (Å²) in [5.74, 6) is 0.516. The zero-order valence-electron chi connectivity index (χ0n) is 15.0. The lowest BCUT2D eigenvalue weighted by atomic mass is 9.94. The maximum atomic E-state index is 13.0. The number of fused-ring (bicyclic) bond motifs is 1. The first-order valence-electron chi connectivity index (χ1n) is 8.42. The van der Waals surface area contributed by atoms with E-state index in [2.05, 4.69) is 10.3 Å². The van der Waals surface area contributed by atoms with Crippen molar-refractivity contribution in [2.45, 2.75) is 33.2 Å². The molecular formula is C20H23N3O2. The minimum absolute atomic E-state index is 0.160. The van der Waals surface area contributed by atoms with Crippen LogP contribution in [-0.2, 0) is 5.54 Å². The fraction of sp³-hybridized carbons (Fsp3) is 0.300. The van der Waals surface area contributed by atoms with Gasteiger partial charge in [-0.1, -0.05) is 30.3 Å². The van der Waals surface area contributed by atoms with Crippen LogP contribution < -0.4 is 10.1 Å². The molecule has 130 valence electrons. The fourth-order valence-corrected chi connectivity index (χ4v) is 2.97. The number of carbonyl (C=O) groups excluding carboxylic acids is 1. The van der Waals surface area contributed by atoms with Crippen molar-refractivity contribution in [2.24, 2.45) is 0 Å². The fourth-order valence-electron chi connectivity index (χ4n) is 2.97. The van der Waals surface area contributed by atoms with E-state index in [1.165, 1.54) is 0 Å². The van der Waals surface area contributed by atoms with Crippen molar-refractivity contribution in [3.05, 3.63) is 65.6 Å². The smallest absolute Gasteiger partial charge is 0.270 e. The SMILES string of the molecule is CCOc1cccn2c(C(=O)NC(C)(C)c3ccccc3)c(C)nc12. The number of imidazole rings is 1. The highest BCUT2D eigenvalue weighted by molar-refractivity contribution is 5.95. The molecule has 0 spiro atoms. The number of nitrogens with one attached hydrogen (secondary N) is 1. The van der Waals surface area contributed by atoms with Gasteiger partial charge in [0, 0.05) is 6.20 Å². The van der Waals surface area contributed by atoms with Crippen LogP contribution in [0, 0.1) is 6.92 Å². The van der Waals surface area contributed by atoms with E-state index >= 15 is 0 Å². The minimum atomic E-state index is -0.494. The van der Waals surface area contributed by atoms with Crippen molar-refractivity contribution >= 4 is 11.6 Å². The van der Waals surface area contributed by atoms with Crippen LogP contribution in [0.4, 0.5) is 0 Å². The third-order valence-electron chi connectivity index (χ3n) is 4.22. The maximum absolute atomic E-state index is 13.0. The standard InChI is InChI=1S/C20H23N3O2/c1-5-25-16-12-9-13-23-17(14(2)21-18(16)23)19(24)22-20(3,4)15-10-7-6-8-11-15/h6-13H,5H2,1-4H3,(H,22,24). The molecule has 1 amide bonds. The highest BCUT2D eigenvalue weighted by Crippen LogP contribution is 2.24. The quantitative estimate of drug-likeness (QED) is 0.772. The summed E-state index contributed by atoms with van der Waals surface area (Å²) in [7, 11) is 0. The first-order valence-corrected chi connectivity index (χ1v) is 8.42. The number of rotatable bonds is 5. The normalized spacial score (nSPS) is 11.5. The Balaban J connectivity index is 1.98. The lowest BCUT2D eigenvalue weighted by molar-refractivity contribution is 0.0905. The molecule has 0 bridgehead atoms. The summed E-state index contributed by atoms with van der Waals surface area (Å²) < 4.78 is 7.41. The van der Waals surface area contributed by atoms with Crippen LogP contribution in [0.25, 0.3) is 5.65 Å². The summed E-state index contributed by atoms with van der Waals surface area (Å²) in [6.45, 7) is 8.30. The van der Waals surface area contributed by atoms with Crippen molar-refractivity contribution in [2.75, 3.05) is 6.61 Å². The van der Waals surface area contributed by atoms with Gasteiger partial charge in [-0.25, -0.2) is 4.98 Å². The Hall–Kier alpha value is -2.82. The van der Waals surface area contributed by atoms with Gasteiger partial charge in [-0.3, -0.25) is 9.20 Å². The Labute approximate surface area is 147 Å². The monoisotopic (exact) mass is 337 g/mol. The molecule has 0 radical (unpaired) electrons. The first-order chi connectivity index (χ1) is 11.9. The van der Waals surface area contributed by atoms with E-state index in [-0.39, 0.29) is 5.91 Å². The molecule has 0 aliphatic rings. The van der Waals surface area contributed by atoms with Gasteiger partial charge in [-0.2, -0.15) is 0 Å². The summed E-state index contributed by atoms with van der Waals surface area (Å²) in [6.07, 6.45) is 1.84. The summed E-state index contributed by atoms with van der Waals surface area (Å²) >= 11 is 0. The average molecular weight is 337 g/mol. The predicted molar refractivity (Wildman–Crippen MR) is 98.0 cm³/mol. The van der Waals surface area contributed by atoms with Crippen LogP contribution >= 0.6 is 0 Å². The van der Waals surface area contributed by atoms with Crippen LogP contribution in [-0.4, -0.2) is 21.9 Å². The van der Waals surface area contributed by atoms with E-state index in [0.717, 1.165) is 5.56 Å². The molecule has 5 nitrogen and oxygen atoms in total. The van der Waals surface area contributed by atoms with Crippen molar-refractivity contribution in [3.8, 4) is 5.75 Å². The second-order valence-electron chi connectivity index (χ2n) is 6.49. The van der Waals surface area contributed by atoms with E-state index < -0.39 is 5.54 Å². The lowest BCUT2D eigenvalue weighted by Gasteiger charge is -2.27. The minimum Gasteiger partial charge on any atom is -0.490 e. The molecule has 0 unspecified atom stereocenters. The first kappa shape index (κ1) is 17.0. The summed E-state index contributed by atoms with van der Waals surface area (Å²) in [6, 6.07) is 13.6. The molecule has 3 rings (SSSR count). The maximum Gasteiger partial charge on any atom is 0.270 e. The van der Waals surface area contributed by atoms with Crippen LogP contribution in [0.1, 0.15) is 42.5 Å². The van der Waals surface area contributed by atoms with Crippen LogP contribution in [0.15, 0.2) is 48.7 Å². The molecule has 3 aromatic rings.